The largest absolute Gasteiger partial charge is 0.450 e. The minimum atomic E-state index is -0.323. The van der Waals surface area contributed by atoms with Crippen LogP contribution in [-0.4, -0.2) is 61.3 Å². The van der Waals surface area contributed by atoms with Crippen LogP contribution in [0.4, 0.5) is 14.0 Å². The molecule has 0 radical (unpaired) electrons. The predicted molar refractivity (Wildman–Crippen MR) is 90.9 cm³/mol. The van der Waals surface area contributed by atoms with Gasteiger partial charge in [0.1, 0.15) is 5.82 Å². The van der Waals surface area contributed by atoms with Gasteiger partial charge in [0.15, 0.2) is 0 Å². The molecule has 25 heavy (non-hydrogen) atoms. The van der Waals surface area contributed by atoms with Crippen molar-refractivity contribution in [3.63, 3.8) is 0 Å². The molecule has 2 aliphatic rings. The normalized spacial score (nSPS) is 18.6. The molecule has 0 bridgehead atoms. The van der Waals surface area contributed by atoms with E-state index in [0.717, 1.165) is 18.4 Å². The lowest BCUT2D eigenvalue weighted by atomic mass is 9.96. The summed E-state index contributed by atoms with van der Waals surface area (Å²) in [5.74, 6) is -0.247. The van der Waals surface area contributed by atoms with E-state index in [4.69, 9.17) is 4.74 Å². The van der Waals surface area contributed by atoms with Crippen molar-refractivity contribution in [2.75, 3.05) is 39.3 Å². The van der Waals surface area contributed by atoms with Gasteiger partial charge in [-0.05, 0) is 37.5 Å². The summed E-state index contributed by atoms with van der Waals surface area (Å²) in [5, 5.41) is 3.00. The molecule has 7 heteroatoms. The third kappa shape index (κ3) is 4.03. The van der Waals surface area contributed by atoms with E-state index in [0.29, 0.717) is 39.3 Å². The first-order valence-electron chi connectivity index (χ1n) is 8.74. The number of benzene rings is 1. The number of carbonyl (C=O) groups is 2. The van der Waals surface area contributed by atoms with E-state index >= 15 is 0 Å². The highest BCUT2D eigenvalue weighted by molar-refractivity contribution is 5.75. The second-order valence-corrected chi connectivity index (χ2v) is 6.62. The lowest BCUT2D eigenvalue weighted by molar-refractivity contribution is 0.0851. The summed E-state index contributed by atoms with van der Waals surface area (Å²) >= 11 is 0. The Balaban J connectivity index is 1.47. The highest BCUT2D eigenvalue weighted by Crippen LogP contribution is 2.47. The molecule has 1 aliphatic carbocycles. The van der Waals surface area contributed by atoms with E-state index < -0.39 is 0 Å². The van der Waals surface area contributed by atoms with Gasteiger partial charge in [-0.3, -0.25) is 0 Å². The molecule has 1 saturated carbocycles. The van der Waals surface area contributed by atoms with Crippen LogP contribution in [0.5, 0.6) is 0 Å². The van der Waals surface area contributed by atoms with E-state index in [-0.39, 0.29) is 23.4 Å². The molecule has 1 N–H and O–H groups in total. The van der Waals surface area contributed by atoms with Crippen LogP contribution in [0.15, 0.2) is 24.3 Å². The molecule has 136 valence electrons. The van der Waals surface area contributed by atoms with E-state index in [1.165, 1.54) is 12.1 Å². The van der Waals surface area contributed by atoms with Crippen LogP contribution in [0.3, 0.4) is 0 Å². The van der Waals surface area contributed by atoms with Gasteiger partial charge < -0.3 is 19.9 Å². The lowest BCUT2D eigenvalue weighted by Gasteiger charge is -2.34. The fraction of sp³-hybridized carbons (Fsp3) is 0.556. The zero-order valence-corrected chi connectivity index (χ0v) is 14.5. The molecule has 0 unspecified atom stereocenters. The fourth-order valence-corrected chi connectivity index (χ4v) is 3.19. The predicted octanol–water partition coefficient (Wildman–Crippen LogP) is 2.34. The van der Waals surface area contributed by atoms with Gasteiger partial charge in [-0.15, -0.1) is 0 Å². The number of rotatable bonds is 4. The lowest BCUT2D eigenvalue weighted by Crippen LogP contribution is -2.54. The minimum Gasteiger partial charge on any atom is -0.450 e. The van der Waals surface area contributed by atoms with Crippen molar-refractivity contribution in [3.05, 3.63) is 35.6 Å². The van der Waals surface area contributed by atoms with Crippen molar-refractivity contribution in [2.45, 2.75) is 25.2 Å². The standard InChI is InChI=1S/C18H24FN3O3/c1-2-25-17(24)22-11-9-21(10-12-22)16(23)20-13-18(7-8-18)14-3-5-15(19)6-4-14/h3-6H,2,7-13H2,1H3,(H,20,23). The van der Waals surface area contributed by atoms with Crippen LogP contribution in [0, 0.1) is 5.82 Å². The Morgan fingerprint density at radius 2 is 1.72 bits per heavy atom. The number of hydrogen-bond acceptors (Lipinski definition) is 3. The van der Waals surface area contributed by atoms with Gasteiger partial charge in [-0.1, -0.05) is 12.1 Å². The summed E-state index contributed by atoms with van der Waals surface area (Å²) in [6, 6.07) is 6.41. The first-order chi connectivity index (χ1) is 12.0. The van der Waals surface area contributed by atoms with Gasteiger partial charge in [0.05, 0.1) is 6.61 Å². The molecular formula is C18H24FN3O3. The summed E-state index contributed by atoms with van der Waals surface area (Å²) in [6.07, 6.45) is 1.67. The van der Waals surface area contributed by atoms with Gasteiger partial charge in [0, 0.05) is 38.1 Å². The van der Waals surface area contributed by atoms with Crippen LogP contribution in [-0.2, 0) is 10.2 Å². The first-order valence-corrected chi connectivity index (χ1v) is 8.74. The van der Waals surface area contributed by atoms with Crippen LogP contribution in [0.25, 0.3) is 0 Å². The maximum atomic E-state index is 13.1. The molecule has 3 amide bonds. The van der Waals surface area contributed by atoms with Crippen molar-refractivity contribution in [1.29, 1.82) is 0 Å². The number of carbonyl (C=O) groups excluding carboxylic acids is 2. The molecular weight excluding hydrogens is 325 g/mol. The van der Waals surface area contributed by atoms with Gasteiger partial charge in [-0.2, -0.15) is 0 Å². The molecule has 0 atom stereocenters. The SMILES string of the molecule is CCOC(=O)N1CCN(C(=O)NCC2(c3ccc(F)cc3)CC2)CC1. The molecule has 3 rings (SSSR count). The van der Waals surface area contributed by atoms with Crippen LogP contribution < -0.4 is 5.32 Å². The van der Waals surface area contributed by atoms with E-state index in [1.807, 2.05) is 0 Å². The summed E-state index contributed by atoms with van der Waals surface area (Å²) in [5.41, 5.74) is 1.01. The number of piperazine rings is 1. The molecule has 1 aromatic carbocycles. The van der Waals surface area contributed by atoms with Crippen LogP contribution in [0.2, 0.25) is 0 Å². The van der Waals surface area contributed by atoms with Gasteiger partial charge >= 0.3 is 12.1 Å². The van der Waals surface area contributed by atoms with Crippen molar-refractivity contribution in [3.8, 4) is 0 Å². The second kappa shape index (κ2) is 7.29. The summed E-state index contributed by atoms with van der Waals surface area (Å²) in [7, 11) is 0. The third-order valence-electron chi connectivity index (χ3n) is 4.98. The van der Waals surface area contributed by atoms with Crippen molar-refractivity contribution < 1.29 is 18.7 Å². The molecule has 0 spiro atoms. The quantitative estimate of drug-likeness (QED) is 0.908. The molecule has 6 nitrogen and oxygen atoms in total. The Morgan fingerprint density at radius 3 is 2.28 bits per heavy atom. The van der Waals surface area contributed by atoms with E-state index in [1.54, 1.807) is 28.9 Å². The van der Waals surface area contributed by atoms with Crippen LogP contribution >= 0.6 is 0 Å². The Bertz CT molecular complexity index is 623. The topological polar surface area (TPSA) is 61.9 Å². The van der Waals surface area contributed by atoms with Crippen LogP contribution in [0.1, 0.15) is 25.3 Å². The number of urea groups is 1. The van der Waals surface area contributed by atoms with Gasteiger partial charge in [0.25, 0.3) is 0 Å². The Labute approximate surface area is 146 Å². The number of nitrogens with one attached hydrogen (secondary N) is 1. The first kappa shape index (κ1) is 17.5. The Hall–Kier alpha value is -2.31. The van der Waals surface area contributed by atoms with Crippen molar-refractivity contribution in [1.82, 2.24) is 15.1 Å². The second-order valence-electron chi connectivity index (χ2n) is 6.62. The van der Waals surface area contributed by atoms with E-state index in [9.17, 15) is 14.0 Å². The highest BCUT2D eigenvalue weighted by atomic mass is 19.1. The molecule has 1 aliphatic heterocycles. The summed E-state index contributed by atoms with van der Waals surface area (Å²) in [4.78, 5) is 27.4. The zero-order chi connectivity index (χ0) is 17.9. The third-order valence-corrected chi connectivity index (χ3v) is 4.98. The fourth-order valence-electron chi connectivity index (χ4n) is 3.19. The average Bonchev–Trinajstić information content (AvgIpc) is 3.42. The Kier molecular flexibility index (Phi) is 5.11. The summed E-state index contributed by atoms with van der Waals surface area (Å²) in [6.45, 7) is 4.63. The number of ether oxygens (including phenoxy) is 1. The maximum absolute atomic E-state index is 13.1. The number of amides is 3. The average molecular weight is 349 g/mol. The summed E-state index contributed by atoms with van der Waals surface area (Å²) < 4.78 is 18.1. The van der Waals surface area contributed by atoms with Crippen molar-refractivity contribution >= 4 is 12.1 Å². The molecule has 1 saturated heterocycles. The van der Waals surface area contributed by atoms with E-state index in [2.05, 4.69) is 5.32 Å². The molecule has 0 aromatic heterocycles. The van der Waals surface area contributed by atoms with Gasteiger partial charge in [0.2, 0.25) is 0 Å². The molecule has 1 aromatic rings. The number of nitrogens with zero attached hydrogens (tertiary/aromatic N) is 2. The maximum Gasteiger partial charge on any atom is 0.409 e. The minimum absolute atomic E-state index is 0.0594. The monoisotopic (exact) mass is 349 g/mol. The molecule has 2 fully saturated rings. The number of hydrogen-bond donors (Lipinski definition) is 1. The Morgan fingerprint density at radius 1 is 1.12 bits per heavy atom. The highest BCUT2D eigenvalue weighted by Gasteiger charge is 2.44. The van der Waals surface area contributed by atoms with Crippen molar-refractivity contribution in [2.24, 2.45) is 0 Å². The smallest absolute Gasteiger partial charge is 0.409 e. The zero-order valence-electron chi connectivity index (χ0n) is 14.5. The molecule has 1 heterocycles. The van der Waals surface area contributed by atoms with Gasteiger partial charge in [-0.25, -0.2) is 14.0 Å². The number of halogens is 1.